The molecule has 4 aromatic rings. The molecule has 1 aliphatic rings. The summed E-state index contributed by atoms with van der Waals surface area (Å²) in [5.74, 6) is -0.167. The summed E-state index contributed by atoms with van der Waals surface area (Å²) < 4.78 is 0. The summed E-state index contributed by atoms with van der Waals surface area (Å²) in [5.41, 5.74) is 13.1. The molecule has 5 rings (SSSR count). The highest BCUT2D eigenvalue weighted by Gasteiger charge is 2.32. The second kappa shape index (κ2) is 7.15. The first kappa shape index (κ1) is 18.6. The first-order chi connectivity index (χ1) is 15.1. The summed E-state index contributed by atoms with van der Waals surface area (Å²) in [5, 5.41) is 17.7. The van der Waals surface area contributed by atoms with Crippen LogP contribution in [0.15, 0.2) is 72.8 Å². The van der Waals surface area contributed by atoms with Gasteiger partial charge in [-0.2, -0.15) is 10.4 Å². The van der Waals surface area contributed by atoms with Gasteiger partial charge in [-0.15, -0.1) is 0 Å². The van der Waals surface area contributed by atoms with E-state index in [9.17, 15) is 4.79 Å². The molecule has 0 spiro atoms. The van der Waals surface area contributed by atoms with Gasteiger partial charge in [-0.25, -0.2) is 0 Å². The predicted octanol–water partition coefficient (Wildman–Crippen LogP) is 4.51. The molecule has 0 aliphatic carbocycles. The number of aromatic nitrogens is 2. The van der Waals surface area contributed by atoms with Crippen LogP contribution in [-0.4, -0.2) is 27.5 Å². The lowest BCUT2D eigenvalue weighted by Crippen LogP contribution is -2.26. The quantitative estimate of drug-likeness (QED) is 0.385. The zero-order valence-corrected chi connectivity index (χ0v) is 16.7. The van der Waals surface area contributed by atoms with Gasteiger partial charge in [0.2, 0.25) is 0 Å². The van der Waals surface area contributed by atoms with Crippen molar-refractivity contribution in [3.63, 3.8) is 0 Å². The molecule has 150 valence electrons. The standard InChI is InChI=1S/C25H19N5O/c1-15(12-26)13-30-14-20-18(8-9-21(27)23(20)25(30)31)17-7-10-22-19(11-17)24(29-28-22)16-5-3-2-4-6-16/h2-11H,1,13-14,27H2,(H,28,29). The van der Waals surface area contributed by atoms with Gasteiger partial charge in [0, 0.05) is 28.8 Å². The number of nitrogens with one attached hydrogen (secondary N) is 1. The first-order valence-corrected chi connectivity index (χ1v) is 9.89. The van der Waals surface area contributed by atoms with Crippen molar-refractivity contribution in [2.24, 2.45) is 0 Å². The molecule has 0 fully saturated rings. The highest BCUT2D eigenvalue weighted by molar-refractivity contribution is 6.06. The van der Waals surface area contributed by atoms with Gasteiger partial charge in [0.05, 0.1) is 29.4 Å². The van der Waals surface area contributed by atoms with Gasteiger partial charge < -0.3 is 10.6 Å². The van der Waals surface area contributed by atoms with E-state index in [0.717, 1.165) is 38.9 Å². The van der Waals surface area contributed by atoms with Crippen molar-refractivity contribution in [3.05, 3.63) is 83.9 Å². The monoisotopic (exact) mass is 405 g/mol. The van der Waals surface area contributed by atoms with Gasteiger partial charge in [-0.1, -0.05) is 49.0 Å². The minimum atomic E-state index is -0.167. The van der Waals surface area contributed by atoms with E-state index in [1.807, 2.05) is 54.6 Å². The Morgan fingerprint density at radius 1 is 1.16 bits per heavy atom. The Morgan fingerprint density at radius 2 is 1.97 bits per heavy atom. The van der Waals surface area contributed by atoms with Gasteiger partial charge in [-0.3, -0.25) is 9.89 Å². The van der Waals surface area contributed by atoms with Crippen molar-refractivity contribution in [3.8, 4) is 28.5 Å². The van der Waals surface area contributed by atoms with Crippen molar-refractivity contribution in [2.75, 3.05) is 12.3 Å². The molecule has 6 heteroatoms. The van der Waals surface area contributed by atoms with Gasteiger partial charge in [0.1, 0.15) is 0 Å². The molecule has 2 heterocycles. The first-order valence-electron chi connectivity index (χ1n) is 9.89. The molecule has 0 radical (unpaired) electrons. The van der Waals surface area contributed by atoms with E-state index in [4.69, 9.17) is 11.0 Å². The normalized spacial score (nSPS) is 12.7. The number of rotatable bonds is 4. The average molecular weight is 405 g/mol. The van der Waals surface area contributed by atoms with Gasteiger partial charge in [0.15, 0.2) is 0 Å². The Morgan fingerprint density at radius 3 is 2.74 bits per heavy atom. The van der Waals surface area contributed by atoms with E-state index in [2.05, 4.69) is 22.8 Å². The SMILES string of the molecule is C=C(C#N)CN1Cc2c(-c3ccc4[nH]nc(-c5ccccc5)c4c3)ccc(N)c2C1=O. The maximum atomic E-state index is 12.9. The van der Waals surface area contributed by atoms with E-state index in [1.165, 1.54) is 0 Å². The van der Waals surface area contributed by atoms with Crippen molar-refractivity contribution in [1.29, 1.82) is 5.26 Å². The Labute approximate surface area is 179 Å². The molecule has 0 unspecified atom stereocenters. The summed E-state index contributed by atoms with van der Waals surface area (Å²) in [4.78, 5) is 14.6. The molecule has 0 atom stereocenters. The van der Waals surface area contributed by atoms with E-state index in [-0.39, 0.29) is 12.5 Å². The number of anilines is 1. The average Bonchev–Trinajstić information content (AvgIpc) is 3.36. The molecule has 0 saturated heterocycles. The molecule has 0 saturated carbocycles. The third-order valence-electron chi connectivity index (χ3n) is 5.66. The van der Waals surface area contributed by atoms with Crippen LogP contribution in [0.25, 0.3) is 33.3 Å². The molecule has 3 N–H and O–H groups in total. The minimum Gasteiger partial charge on any atom is -0.398 e. The number of carbonyl (C=O) groups is 1. The number of hydrogen-bond donors (Lipinski definition) is 2. The molecular formula is C25H19N5O. The van der Waals surface area contributed by atoms with Gasteiger partial charge in [0.25, 0.3) is 5.91 Å². The number of aromatic amines is 1. The Hall–Kier alpha value is -4.37. The van der Waals surface area contributed by atoms with E-state index >= 15 is 0 Å². The lowest BCUT2D eigenvalue weighted by Gasteiger charge is -2.14. The topological polar surface area (TPSA) is 98.8 Å². The minimum absolute atomic E-state index is 0.167. The fraction of sp³-hybridized carbons (Fsp3) is 0.0800. The number of amides is 1. The summed E-state index contributed by atoms with van der Waals surface area (Å²) in [6.45, 7) is 4.30. The Kier molecular flexibility index (Phi) is 4.30. The number of nitrogen functional groups attached to an aromatic ring is 1. The van der Waals surface area contributed by atoms with Crippen LogP contribution in [0.4, 0.5) is 5.69 Å². The van der Waals surface area contributed by atoms with Crippen LogP contribution in [-0.2, 0) is 6.54 Å². The molecule has 1 amide bonds. The Balaban J connectivity index is 1.62. The van der Waals surface area contributed by atoms with E-state index < -0.39 is 0 Å². The number of carbonyl (C=O) groups excluding carboxylic acids is 1. The van der Waals surface area contributed by atoms with E-state index in [1.54, 1.807) is 11.0 Å². The molecule has 3 aromatic carbocycles. The fourth-order valence-electron chi connectivity index (χ4n) is 4.17. The lowest BCUT2D eigenvalue weighted by atomic mass is 9.94. The highest BCUT2D eigenvalue weighted by Crippen LogP contribution is 2.38. The number of nitrogens with zero attached hydrogens (tertiary/aromatic N) is 3. The van der Waals surface area contributed by atoms with Crippen LogP contribution in [0, 0.1) is 11.3 Å². The summed E-state index contributed by atoms with van der Waals surface area (Å²) in [7, 11) is 0. The van der Waals surface area contributed by atoms with Crippen molar-refractivity contribution >= 4 is 22.5 Å². The zero-order chi connectivity index (χ0) is 21.5. The number of fused-ring (bicyclic) bond motifs is 2. The zero-order valence-electron chi connectivity index (χ0n) is 16.7. The van der Waals surface area contributed by atoms with Crippen LogP contribution in [0.2, 0.25) is 0 Å². The molecule has 0 bridgehead atoms. The molecule has 1 aromatic heterocycles. The second-order valence-electron chi connectivity index (χ2n) is 7.63. The fourth-order valence-corrected chi connectivity index (χ4v) is 4.17. The summed E-state index contributed by atoms with van der Waals surface area (Å²) >= 11 is 0. The van der Waals surface area contributed by atoms with Crippen LogP contribution in [0.5, 0.6) is 0 Å². The third kappa shape index (κ3) is 3.04. The largest absolute Gasteiger partial charge is 0.398 e. The Bertz CT molecular complexity index is 1390. The molecule has 31 heavy (non-hydrogen) atoms. The molecule has 6 nitrogen and oxygen atoms in total. The number of benzene rings is 3. The van der Waals surface area contributed by atoms with Crippen LogP contribution in [0.1, 0.15) is 15.9 Å². The van der Waals surface area contributed by atoms with Crippen LogP contribution in [0.3, 0.4) is 0 Å². The number of hydrogen-bond acceptors (Lipinski definition) is 4. The van der Waals surface area contributed by atoms with Gasteiger partial charge >= 0.3 is 0 Å². The lowest BCUT2D eigenvalue weighted by molar-refractivity contribution is 0.0794. The maximum Gasteiger partial charge on any atom is 0.256 e. The predicted molar refractivity (Wildman–Crippen MR) is 121 cm³/mol. The molecular weight excluding hydrogens is 386 g/mol. The summed E-state index contributed by atoms with van der Waals surface area (Å²) in [6, 6.07) is 21.9. The van der Waals surface area contributed by atoms with Crippen LogP contribution >= 0.6 is 0 Å². The highest BCUT2D eigenvalue weighted by atomic mass is 16.2. The third-order valence-corrected chi connectivity index (χ3v) is 5.66. The number of nitriles is 1. The van der Waals surface area contributed by atoms with Crippen LogP contribution < -0.4 is 5.73 Å². The van der Waals surface area contributed by atoms with Crippen molar-refractivity contribution < 1.29 is 4.79 Å². The summed E-state index contributed by atoms with van der Waals surface area (Å²) in [6.07, 6.45) is 0. The maximum absolute atomic E-state index is 12.9. The number of H-pyrrole nitrogens is 1. The van der Waals surface area contributed by atoms with Crippen molar-refractivity contribution in [2.45, 2.75) is 6.54 Å². The molecule has 1 aliphatic heterocycles. The second-order valence-corrected chi connectivity index (χ2v) is 7.63. The van der Waals surface area contributed by atoms with Crippen molar-refractivity contribution in [1.82, 2.24) is 15.1 Å². The smallest absolute Gasteiger partial charge is 0.256 e. The van der Waals surface area contributed by atoms with Gasteiger partial charge in [-0.05, 0) is 34.9 Å². The number of nitrogens with two attached hydrogens (primary N) is 1. The van der Waals surface area contributed by atoms with E-state index in [0.29, 0.717) is 23.4 Å².